The molecule has 3 rings (SSSR count). The van der Waals surface area contributed by atoms with Gasteiger partial charge in [-0.15, -0.1) is 10.2 Å². The van der Waals surface area contributed by atoms with Crippen molar-refractivity contribution in [1.29, 1.82) is 0 Å². The van der Waals surface area contributed by atoms with Gasteiger partial charge < -0.3 is 9.30 Å². The summed E-state index contributed by atoms with van der Waals surface area (Å²) in [5.74, 6) is -1.78. The van der Waals surface area contributed by atoms with Gasteiger partial charge in [0.1, 0.15) is 17.4 Å². The first-order chi connectivity index (χ1) is 13.9. The lowest BCUT2D eigenvalue weighted by molar-refractivity contribution is -0.0498. The number of hydrogen-bond acceptors (Lipinski definition) is 5. The molecule has 0 bridgehead atoms. The van der Waals surface area contributed by atoms with Gasteiger partial charge in [0.15, 0.2) is 16.8 Å². The van der Waals surface area contributed by atoms with Crippen molar-refractivity contribution >= 4 is 17.5 Å². The monoisotopic (exact) mass is 425 g/mol. The Labute approximate surface area is 167 Å². The quantitative estimate of drug-likeness (QED) is 0.294. The molecule has 0 amide bonds. The van der Waals surface area contributed by atoms with Crippen molar-refractivity contribution in [3.05, 3.63) is 59.7 Å². The number of hydrogen-bond donors (Lipinski definition) is 0. The van der Waals surface area contributed by atoms with Crippen LogP contribution in [-0.2, 0) is 6.54 Å². The van der Waals surface area contributed by atoms with E-state index in [9.17, 15) is 22.4 Å². The van der Waals surface area contributed by atoms with Crippen molar-refractivity contribution in [2.75, 3.05) is 5.75 Å². The maximum Gasteiger partial charge on any atom is 0.387 e. The fourth-order valence-electron chi connectivity index (χ4n) is 2.60. The highest BCUT2D eigenvalue weighted by atomic mass is 32.2. The molecule has 0 spiro atoms. The molecule has 0 unspecified atom stereocenters. The lowest BCUT2D eigenvalue weighted by Crippen LogP contribution is -2.07. The highest BCUT2D eigenvalue weighted by molar-refractivity contribution is 7.99. The summed E-state index contributed by atoms with van der Waals surface area (Å²) in [6.45, 7) is -0.572. The molecule has 0 radical (unpaired) electrons. The molecule has 29 heavy (non-hydrogen) atoms. The molecule has 152 valence electrons. The number of Topliss-reactive ketones (excluding diaryl/α,β-unsaturated/α-hetero) is 1. The number of carbonyl (C=O) groups excluding carboxylic acids is 1. The molecule has 10 heteroatoms. The van der Waals surface area contributed by atoms with Gasteiger partial charge in [-0.2, -0.15) is 8.78 Å². The van der Waals surface area contributed by atoms with E-state index >= 15 is 0 Å². The van der Waals surface area contributed by atoms with Gasteiger partial charge in [-0.05, 0) is 43.3 Å². The third kappa shape index (κ3) is 4.94. The van der Waals surface area contributed by atoms with Crippen LogP contribution < -0.4 is 4.74 Å². The molecule has 0 aliphatic rings. The van der Waals surface area contributed by atoms with E-state index in [-0.39, 0.29) is 17.1 Å². The highest BCUT2D eigenvalue weighted by Gasteiger charge is 2.17. The van der Waals surface area contributed by atoms with Crippen LogP contribution in [-0.4, -0.2) is 32.9 Å². The van der Waals surface area contributed by atoms with Crippen molar-refractivity contribution in [3.63, 3.8) is 0 Å². The summed E-state index contributed by atoms with van der Waals surface area (Å²) < 4.78 is 57.3. The molecule has 1 aromatic heterocycles. The van der Waals surface area contributed by atoms with Gasteiger partial charge in [0.05, 0.1) is 11.3 Å². The lowest BCUT2D eigenvalue weighted by atomic mass is 10.1. The van der Waals surface area contributed by atoms with E-state index in [4.69, 9.17) is 0 Å². The second-order valence-electron chi connectivity index (χ2n) is 5.79. The van der Waals surface area contributed by atoms with E-state index in [0.717, 1.165) is 23.9 Å². The average molecular weight is 425 g/mol. The first-order valence-corrected chi connectivity index (χ1v) is 9.47. The molecule has 0 saturated carbocycles. The summed E-state index contributed by atoms with van der Waals surface area (Å²) in [5.41, 5.74) is 0.431. The molecule has 1 heterocycles. The minimum absolute atomic E-state index is 0.0211. The maximum atomic E-state index is 13.7. The molecule has 0 aliphatic carbocycles. The van der Waals surface area contributed by atoms with Gasteiger partial charge in [0, 0.05) is 18.2 Å². The van der Waals surface area contributed by atoms with E-state index in [1.807, 2.05) is 6.92 Å². The molecule has 3 aromatic rings. The Kier molecular flexibility index (Phi) is 6.53. The Morgan fingerprint density at radius 2 is 1.86 bits per heavy atom. The zero-order valence-electron chi connectivity index (χ0n) is 15.1. The van der Waals surface area contributed by atoms with E-state index in [0.29, 0.717) is 29.2 Å². The Morgan fingerprint density at radius 3 is 2.48 bits per heavy atom. The SMILES string of the molecule is CCn1c(SCC(=O)c2ccc(F)cc2F)nnc1-c1ccc(OC(F)F)cc1. The Morgan fingerprint density at radius 1 is 1.14 bits per heavy atom. The van der Waals surface area contributed by atoms with Gasteiger partial charge in [0.25, 0.3) is 0 Å². The fourth-order valence-corrected chi connectivity index (χ4v) is 3.49. The number of rotatable bonds is 8. The average Bonchev–Trinajstić information content (AvgIpc) is 3.09. The minimum atomic E-state index is -2.91. The Balaban J connectivity index is 1.75. The number of ketones is 1. The number of ether oxygens (including phenoxy) is 1. The first kappa shape index (κ1) is 20.8. The molecular formula is C19H15F4N3O2S. The van der Waals surface area contributed by atoms with Crippen LogP contribution in [0.4, 0.5) is 17.6 Å². The van der Waals surface area contributed by atoms with E-state index in [2.05, 4.69) is 14.9 Å². The predicted octanol–water partition coefficient (Wildman–Crippen LogP) is 4.82. The molecule has 0 fully saturated rings. The van der Waals surface area contributed by atoms with Gasteiger partial charge in [-0.1, -0.05) is 11.8 Å². The van der Waals surface area contributed by atoms with Crippen LogP contribution in [0.2, 0.25) is 0 Å². The molecule has 0 atom stereocenters. The second kappa shape index (κ2) is 9.08. The van der Waals surface area contributed by atoms with Crippen molar-refractivity contribution in [2.24, 2.45) is 0 Å². The molecule has 0 N–H and O–H groups in total. The summed E-state index contributed by atoms with van der Waals surface area (Å²) in [5, 5.41) is 8.59. The summed E-state index contributed by atoms with van der Waals surface area (Å²) in [7, 11) is 0. The number of carbonyl (C=O) groups is 1. The van der Waals surface area contributed by atoms with Crippen molar-refractivity contribution in [2.45, 2.75) is 25.2 Å². The maximum absolute atomic E-state index is 13.7. The minimum Gasteiger partial charge on any atom is -0.435 e. The van der Waals surface area contributed by atoms with Crippen molar-refractivity contribution in [1.82, 2.24) is 14.8 Å². The van der Waals surface area contributed by atoms with E-state index in [1.54, 1.807) is 16.7 Å². The topological polar surface area (TPSA) is 57.0 Å². The number of alkyl halides is 2. The zero-order chi connectivity index (χ0) is 21.0. The van der Waals surface area contributed by atoms with Crippen molar-refractivity contribution < 1.29 is 27.1 Å². The standard InChI is InChI=1S/C19H15F4N3O2S/c1-2-26-17(11-3-6-13(7-4-11)28-18(22)23)24-25-19(26)29-10-16(27)14-8-5-12(20)9-15(14)21/h3-9,18H,2,10H2,1H3. The van der Waals surface area contributed by atoms with Gasteiger partial charge in [0.2, 0.25) is 0 Å². The normalized spacial score (nSPS) is 11.1. The summed E-state index contributed by atoms with van der Waals surface area (Å²) in [6.07, 6.45) is 0. The van der Waals surface area contributed by atoms with Gasteiger partial charge in [-0.25, -0.2) is 8.78 Å². The van der Waals surface area contributed by atoms with Crippen LogP contribution in [0.25, 0.3) is 11.4 Å². The Hall–Kier alpha value is -2.88. The van der Waals surface area contributed by atoms with Crippen LogP contribution in [0.15, 0.2) is 47.6 Å². The van der Waals surface area contributed by atoms with Gasteiger partial charge in [-0.3, -0.25) is 4.79 Å². The largest absolute Gasteiger partial charge is 0.435 e. The third-order valence-corrected chi connectivity index (χ3v) is 4.90. The lowest BCUT2D eigenvalue weighted by Gasteiger charge is -2.08. The van der Waals surface area contributed by atoms with Crippen LogP contribution in [0.3, 0.4) is 0 Å². The molecule has 5 nitrogen and oxygen atoms in total. The van der Waals surface area contributed by atoms with E-state index in [1.165, 1.54) is 12.1 Å². The van der Waals surface area contributed by atoms with Crippen LogP contribution in [0.5, 0.6) is 5.75 Å². The first-order valence-electron chi connectivity index (χ1n) is 8.48. The number of thioether (sulfide) groups is 1. The number of nitrogens with zero attached hydrogens (tertiary/aromatic N) is 3. The fraction of sp³-hybridized carbons (Fsp3) is 0.211. The zero-order valence-corrected chi connectivity index (χ0v) is 15.9. The molecule has 0 aliphatic heterocycles. The summed E-state index contributed by atoms with van der Waals surface area (Å²) in [6, 6.07) is 8.71. The number of halogens is 4. The highest BCUT2D eigenvalue weighted by Crippen LogP contribution is 2.26. The Bertz CT molecular complexity index is 1010. The van der Waals surface area contributed by atoms with Gasteiger partial charge >= 0.3 is 6.61 Å². The molecule has 0 saturated heterocycles. The second-order valence-corrected chi connectivity index (χ2v) is 6.73. The smallest absolute Gasteiger partial charge is 0.387 e. The molecular weight excluding hydrogens is 410 g/mol. The number of aromatic nitrogens is 3. The molecule has 2 aromatic carbocycles. The summed E-state index contributed by atoms with van der Waals surface area (Å²) in [4.78, 5) is 12.2. The van der Waals surface area contributed by atoms with Crippen LogP contribution in [0.1, 0.15) is 17.3 Å². The third-order valence-electron chi connectivity index (χ3n) is 3.93. The predicted molar refractivity (Wildman–Crippen MR) is 99.2 cm³/mol. The van der Waals surface area contributed by atoms with E-state index < -0.39 is 24.0 Å². The summed E-state index contributed by atoms with van der Waals surface area (Å²) >= 11 is 1.07. The number of benzene rings is 2. The van der Waals surface area contributed by atoms with Crippen LogP contribution >= 0.6 is 11.8 Å². The van der Waals surface area contributed by atoms with Crippen molar-refractivity contribution in [3.8, 4) is 17.1 Å². The van der Waals surface area contributed by atoms with Crippen LogP contribution in [0, 0.1) is 11.6 Å².